The summed E-state index contributed by atoms with van der Waals surface area (Å²) in [6, 6.07) is 13.8. The van der Waals surface area contributed by atoms with Crippen molar-refractivity contribution in [2.45, 2.75) is 4.58 Å². The van der Waals surface area contributed by atoms with Crippen LogP contribution in [-0.4, -0.2) is 24.0 Å². The highest BCUT2D eigenvalue weighted by Crippen LogP contribution is 2.45. The number of nitrogens with one attached hydrogen (secondary N) is 1. The lowest BCUT2D eigenvalue weighted by molar-refractivity contribution is -0.118. The van der Waals surface area contributed by atoms with E-state index in [1.165, 1.54) is 29.2 Å². The number of thioether (sulfide) groups is 2. The van der Waals surface area contributed by atoms with Crippen LogP contribution in [0.3, 0.4) is 0 Å². The minimum absolute atomic E-state index is 0.152. The van der Waals surface area contributed by atoms with Crippen molar-refractivity contribution in [3.05, 3.63) is 59.9 Å². The Labute approximate surface area is 143 Å². The Morgan fingerprint density at radius 1 is 1.13 bits per heavy atom. The van der Waals surface area contributed by atoms with E-state index in [4.69, 9.17) is 4.74 Å². The predicted octanol–water partition coefficient (Wildman–Crippen LogP) is 4.32. The molecule has 3 nitrogen and oxygen atoms in total. The van der Waals surface area contributed by atoms with Crippen LogP contribution in [0, 0.1) is 5.82 Å². The lowest BCUT2D eigenvalue weighted by Crippen LogP contribution is -2.20. The molecule has 1 aliphatic rings. The first kappa shape index (κ1) is 16.2. The highest BCUT2D eigenvalue weighted by molar-refractivity contribution is 8.19. The molecule has 3 rings (SSSR count). The van der Waals surface area contributed by atoms with E-state index in [-0.39, 0.29) is 18.2 Å². The van der Waals surface area contributed by atoms with Gasteiger partial charge in [0.15, 0.2) is 6.61 Å². The molecule has 1 fully saturated rings. The van der Waals surface area contributed by atoms with Crippen LogP contribution >= 0.6 is 23.5 Å². The first-order valence-electron chi connectivity index (χ1n) is 7.23. The number of hydrogen-bond acceptors (Lipinski definition) is 4. The Kier molecular flexibility index (Phi) is 5.46. The second-order valence-corrected chi connectivity index (χ2v) is 7.68. The molecule has 0 atom stereocenters. The third-order valence-corrected chi connectivity index (χ3v) is 6.40. The number of carbonyl (C=O) groups excluding carboxylic acids is 1. The quantitative estimate of drug-likeness (QED) is 0.872. The highest BCUT2D eigenvalue weighted by Gasteiger charge is 2.18. The van der Waals surface area contributed by atoms with Crippen molar-refractivity contribution in [2.24, 2.45) is 0 Å². The van der Waals surface area contributed by atoms with Gasteiger partial charge >= 0.3 is 0 Å². The van der Waals surface area contributed by atoms with Crippen LogP contribution in [0.4, 0.5) is 10.1 Å². The number of carbonyl (C=O) groups is 1. The lowest BCUT2D eigenvalue weighted by Gasteiger charge is -2.11. The minimum atomic E-state index is -0.461. The first-order chi connectivity index (χ1) is 11.2. The summed E-state index contributed by atoms with van der Waals surface area (Å²) in [5.74, 6) is 2.15. The van der Waals surface area contributed by atoms with E-state index in [0.29, 0.717) is 10.3 Å². The van der Waals surface area contributed by atoms with Crippen molar-refractivity contribution >= 4 is 35.1 Å². The number of amides is 1. The summed E-state index contributed by atoms with van der Waals surface area (Å²) in [6.07, 6.45) is 0. The maximum Gasteiger partial charge on any atom is 0.262 e. The van der Waals surface area contributed by atoms with Gasteiger partial charge < -0.3 is 10.1 Å². The van der Waals surface area contributed by atoms with Gasteiger partial charge in [-0.15, -0.1) is 23.5 Å². The van der Waals surface area contributed by atoms with E-state index < -0.39 is 5.82 Å². The van der Waals surface area contributed by atoms with Crippen LogP contribution < -0.4 is 10.1 Å². The third kappa shape index (κ3) is 4.42. The highest BCUT2D eigenvalue weighted by atomic mass is 32.2. The molecule has 0 bridgehead atoms. The lowest BCUT2D eigenvalue weighted by atomic mass is 10.2. The van der Waals surface area contributed by atoms with E-state index in [0.717, 1.165) is 0 Å². The maximum absolute atomic E-state index is 13.4. The van der Waals surface area contributed by atoms with Gasteiger partial charge in [0.2, 0.25) is 0 Å². The number of halogens is 1. The average Bonchev–Trinajstić information content (AvgIpc) is 3.10. The van der Waals surface area contributed by atoms with E-state index >= 15 is 0 Å². The van der Waals surface area contributed by atoms with E-state index in [1.54, 1.807) is 12.1 Å². The third-order valence-electron chi connectivity index (χ3n) is 3.29. The van der Waals surface area contributed by atoms with Crippen molar-refractivity contribution in [1.82, 2.24) is 0 Å². The van der Waals surface area contributed by atoms with Gasteiger partial charge in [-0.25, -0.2) is 4.39 Å². The van der Waals surface area contributed by atoms with E-state index in [2.05, 4.69) is 5.32 Å². The van der Waals surface area contributed by atoms with Gasteiger partial charge in [-0.05, 0) is 29.8 Å². The van der Waals surface area contributed by atoms with Crippen LogP contribution in [0.1, 0.15) is 10.1 Å². The van der Waals surface area contributed by atoms with Gasteiger partial charge in [-0.3, -0.25) is 4.79 Å². The molecule has 0 spiro atoms. The summed E-state index contributed by atoms with van der Waals surface area (Å²) in [5.41, 5.74) is 1.42. The number of hydrogen-bond donors (Lipinski definition) is 1. The van der Waals surface area contributed by atoms with Gasteiger partial charge in [-0.1, -0.05) is 24.3 Å². The van der Waals surface area contributed by atoms with Gasteiger partial charge in [0, 0.05) is 11.5 Å². The van der Waals surface area contributed by atoms with Gasteiger partial charge in [0.05, 0.1) is 10.3 Å². The zero-order valence-electron chi connectivity index (χ0n) is 12.3. The molecule has 0 radical (unpaired) electrons. The van der Waals surface area contributed by atoms with Crippen molar-refractivity contribution in [3.63, 3.8) is 0 Å². The van der Waals surface area contributed by atoms with Crippen LogP contribution in [0.5, 0.6) is 5.75 Å². The number of ether oxygens (including phenoxy) is 1. The van der Waals surface area contributed by atoms with E-state index in [1.807, 2.05) is 47.8 Å². The van der Waals surface area contributed by atoms with Gasteiger partial charge in [0.25, 0.3) is 5.91 Å². The summed E-state index contributed by atoms with van der Waals surface area (Å²) >= 11 is 3.89. The summed E-state index contributed by atoms with van der Waals surface area (Å²) in [5, 5.41) is 2.49. The van der Waals surface area contributed by atoms with Crippen molar-refractivity contribution in [3.8, 4) is 5.75 Å². The number of para-hydroxylation sites is 1. The topological polar surface area (TPSA) is 38.3 Å². The molecule has 2 aromatic carbocycles. The van der Waals surface area contributed by atoms with Crippen LogP contribution in [-0.2, 0) is 4.79 Å². The zero-order chi connectivity index (χ0) is 16.1. The van der Waals surface area contributed by atoms with Crippen LogP contribution in [0.15, 0.2) is 48.5 Å². The molecule has 2 aromatic rings. The summed E-state index contributed by atoms with van der Waals surface area (Å²) in [7, 11) is 0. The molecule has 1 heterocycles. The molecule has 0 unspecified atom stereocenters. The molecule has 0 saturated carbocycles. The Morgan fingerprint density at radius 2 is 1.83 bits per heavy atom. The fraction of sp³-hybridized carbons (Fsp3) is 0.235. The Hall–Kier alpha value is -1.66. The number of rotatable bonds is 5. The second-order valence-electron chi connectivity index (χ2n) is 4.96. The summed E-state index contributed by atoms with van der Waals surface area (Å²) in [6.45, 7) is -0.152. The molecule has 1 N–H and O–H groups in total. The minimum Gasteiger partial charge on any atom is -0.484 e. The Balaban J connectivity index is 1.51. The smallest absolute Gasteiger partial charge is 0.262 e. The monoisotopic (exact) mass is 349 g/mol. The standard InChI is InChI=1S/C17H16FNO2S2/c18-14-3-1-2-4-15(14)19-16(20)11-21-13-7-5-12(6-8-13)17-22-9-10-23-17/h1-8,17H,9-11H2,(H,19,20). The molecule has 1 amide bonds. The average molecular weight is 349 g/mol. The Bertz CT molecular complexity index is 673. The molecule has 0 aromatic heterocycles. The van der Waals surface area contributed by atoms with Crippen molar-refractivity contribution in [2.75, 3.05) is 23.4 Å². The fourth-order valence-electron chi connectivity index (χ4n) is 2.17. The summed E-state index contributed by atoms with van der Waals surface area (Å²) in [4.78, 5) is 11.8. The van der Waals surface area contributed by atoms with Gasteiger partial charge in [0.1, 0.15) is 11.6 Å². The molecule has 6 heteroatoms. The molecule has 120 valence electrons. The predicted molar refractivity (Wildman–Crippen MR) is 94.6 cm³/mol. The summed E-state index contributed by atoms with van der Waals surface area (Å²) < 4.78 is 19.4. The zero-order valence-corrected chi connectivity index (χ0v) is 14.0. The van der Waals surface area contributed by atoms with E-state index in [9.17, 15) is 9.18 Å². The van der Waals surface area contributed by atoms with Crippen LogP contribution in [0.25, 0.3) is 0 Å². The molecule has 23 heavy (non-hydrogen) atoms. The second kappa shape index (κ2) is 7.75. The molecular formula is C17H16FNO2S2. The number of anilines is 1. The van der Waals surface area contributed by atoms with Crippen LogP contribution in [0.2, 0.25) is 0 Å². The Morgan fingerprint density at radius 3 is 2.52 bits per heavy atom. The normalized spacial score (nSPS) is 14.7. The fourth-order valence-corrected chi connectivity index (χ4v) is 5.03. The molecule has 1 aliphatic heterocycles. The number of benzene rings is 2. The van der Waals surface area contributed by atoms with Crippen molar-refractivity contribution < 1.29 is 13.9 Å². The molecule has 0 aliphatic carbocycles. The molecule has 1 saturated heterocycles. The SMILES string of the molecule is O=C(COc1ccc(C2SCCS2)cc1)Nc1ccccc1F. The largest absolute Gasteiger partial charge is 0.484 e. The maximum atomic E-state index is 13.4. The first-order valence-corrected chi connectivity index (χ1v) is 9.32. The van der Waals surface area contributed by atoms with Gasteiger partial charge in [-0.2, -0.15) is 0 Å². The van der Waals surface area contributed by atoms with Crippen molar-refractivity contribution in [1.29, 1.82) is 0 Å². The molecular weight excluding hydrogens is 333 g/mol.